The first kappa shape index (κ1) is 11.0. The van der Waals surface area contributed by atoms with Crippen LogP contribution in [0.15, 0.2) is 6.20 Å². The third-order valence-corrected chi connectivity index (χ3v) is 3.78. The summed E-state index contributed by atoms with van der Waals surface area (Å²) in [7, 11) is 1.73. The fraction of sp³-hybridized carbons (Fsp3) is 0.667. The van der Waals surface area contributed by atoms with Gasteiger partial charge >= 0.3 is 0 Å². The van der Waals surface area contributed by atoms with Gasteiger partial charge in [0.2, 0.25) is 9.05 Å². The molecule has 1 aromatic rings. The van der Waals surface area contributed by atoms with Crippen molar-refractivity contribution in [2.24, 2.45) is 0 Å². The second kappa shape index (κ2) is 3.79. The van der Waals surface area contributed by atoms with E-state index in [1.807, 2.05) is 11.6 Å². The van der Waals surface area contributed by atoms with Gasteiger partial charge < -0.3 is 0 Å². The summed E-state index contributed by atoms with van der Waals surface area (Å²) < 4.78 is 23.8. The van der Waals surface area contributed by atoms with Crippen LogP contribution >= 0.6 is 10.7 Å². The lowest BCUT2D eigenvalue weighted by Crippen LogP contribution is -2.17. The van der Waals surface area contributed by atoms with E-state index >= 15 is 0 Å². The highest BCUT2D eigenvalue weighted by atomic mass is 35.7. The van der Waals surface area contributed by atoms with Crippen molar-refractivity contribution in [2.75, 3.05) is 0 Å². The van der Waals surface area contributed by atoms with E-state index in [0.717, 1.165) is 18.5 Å². The van der Waals surface area contributed by atoms with Crippen LogP contribution in [0.1, 0.15) is 36.6 Å². The Labute approximate surface area is 93.7 Å². The monoisotopic (exact) mass is 248 g/mol. The highest BCUT2D eigenvalue weighted by Gasteiger charge is 2.22. The number of hydrogen-bond donors (Lipinski definition) is 0. The van der Waals surface area contributed by atoms with Crippen LogP contribution in [0.2, 0.25) is 0 Å². The number of nitrogens with zero attached hydrogens (tertiary/aromatic N) is 2. The lowest BCUT2D eigenvalue weighted by atomic mass is 9.93. The van der Waals surface area contributed by atoms with Crippen LogP contribution < -0.4 is 0 Å². The smallest absolute Gasteiger partial charge is 0.236 e. The summed E-state index contributed by atoms with van der Waals surface area (Å²) in [4.78, 5) is 0. The topological polar surface area (TPSA) is 52.0 Å². The highest BCUT2D eigenvalue weighted by molar-refractivity contribution is 8.13. The molecule has 0 unspecified atom stereocenters. The summed E-state index contributed by atoms with van der Waals surface area (Å²) in [6.45, 7) is 1.81. The molecule has 0 bridgehead atoms. The maximum Gasteiger partial charge on any atom is 0.236 e. The Morgan fingerprint density at radius 2 is 2.27 bits per heavy atom. The molecule has 15 heavy (non-hydrogen) atoms. The van der Waals surface area contributed by atoms with Crippen LogP contribution in [0.4, 0.5) is 0 Å². The summed E-state index contributed by atoms with van der Waals surface area (Å²) >= 11 is 0. The molecule has 0 spiro atoms. The zero-order valence-corrected chi connectivity index (χ0v) is 10.1. The molecule has 0 saturated heterocycles. The maximum absolute atomic E-state index is 10.9. The van der Waals surface area contributed by atoms with Gasteiger partial charge in [0.1, 0.15) is 0 Å². The Kier molecular flexibility index (Phi) is 2.77. The quantitative estimate of drug-likeness (QED) is 0.769. The standard InChI is InChI=1S/C9H13ClN2O2S/c1-7-8(6-15(10,13)14)5-12(11-7)9-3-2-4-9/h5,9H,2-4,6H2,1H3. The molecule has 2 rings (SSSR count). The van der Waals surface area contributed by atoms with Crippen LogP contribution in [0, 0.1) is 6.92 Å². The molecule has 0 radical (unpaired) electrons. The first-order chi connectivity index (χ1) is 6.96. The summed E-state index contributed by atoms with van der Waals surface area (Å²) in [6.07, 6.45) is 5.30. The molecule has 4 nitrogen and oxygen atoms in total. The summed E-state index contributed by atoms with van der Waals surface area (Å²) in [5.41, 5.74) is 1.46. The van der Waals surface area contributed by atoms with Gasteiger partial charge in [-0.25, -0.2) is 8.42 Å². The lowest BCUT2D eigenvalue weighted by Gasteiger charge is -2.25. The van der Waals surface area contributed by atoms with Crippen molar-refractivity contribution in [1.29, 1.82) is 0 Å². The maximum atomic E-state index is 10.9. The van der Waals surface area contributed by atoms with Crippen molar-refractivity contribution < 1.29 is 8.42 Å². The molecule has 1 saturated carbocycles. The van der Waals surface area contributed by atoms with E-state index in [2.05, 4.69) is 5.10 Å². The van der Waals surface area contributed by atoms with E-state index in [1.165, 1.54) is 6.42 Å². The molecule has 1 aliphatic rings. The molecule has 0 N–H and O–H groups in total. The SMILES string of the molecule is Cc1nn(C2CCC2)cc1CS(=O)(=O)Cl. The summed E-state index contributed by atoms with van der Waals surface area (Å²) in [6, 6.07) is 0.454. The molecular formula is C9H13ClN2O2S. The minimum Gasteiger partial charge on any atom is -0.269 e. The van der Waals surface area contributed by atoms with Gasteiger partial charge in [-0.2, -0.15) is 5.10 Å². The minimum absolute atomic E-state index is 0.132. The Bertz CT molecular complexity index is 462. The number of hydrogen-bond acceptors (Lipinski definition) is 3. The summed E-state index contributed by atoms with van der Waals surface area (Å²) in [5, 5.41) is 4.31. The van der Waals surface area contributed by atoms with Crippen LogP contribution in [0.3, 0.4) is 0 Å². The van der Waals surface area contributed by atoms with Gasteiger partial charge in [0.05, 0.1) is 17.5 Å². The van der Waals surface area contributed by atoms with Crippen LogP contribution in [0.5, 0.6) is 0 Å². The van der Waals surface area contributed by atoms with E-state index in [9.17, 15) is 8.42 Å². The zero-order chi connectivity index (χ0) is 11.1. The molecule has 84 valence electrons. The summed E-state index contributed by atoms with van der Waals surface area (Å²) in [5.74, 6) is -0.132. The van der Waals surface area contributed by atoms with Crippen LogP contribution in [-0.2, 0) is 14.8 Å². The van der Waals surface area contributed by atoms with E-state index in [4.69, 9.17) is 10.7 Å². The average Bonchev–Trinajstić information content (AvgIpc) is 2.24. The van der Waals surface area contributed by atoms with Gasteiger partial charge in [-0.3, -0.25) is 4.68 Å². The second-order valence-electron chi connectivity index (χ2n) is 3.99. The number of rotatable bonds is 3. The Balaban J connectivity index is 2.21. The largest absolute Gasteiger partial charge is 0.269 e. The molecule has 6 heteroatoms. The average molecular weight is 249 g/mol. The predicted molar refractivity (Wildman–Crippen MR) is 58.3 cm³/mol. The first-order valence-corrected chi connectivity index (χ1v) is 7.40. The molecule has 1 aliphatic carbocycles. The zero-order valence-electron chi connectivity index (χ0n) is 8.48. The molecule has 1 aromatic heterocycles. The third kappa shape index (κ3) is 2.52. The van der Waals surface area contributed by atoms with E-state index in [0.29, 0.717) is 11.6 Å². The Morgan fingerprint density at radius 3 is 2.73 bits per heavy atom. The molecule has 0 atom stereocenters. The molecule has 1 heterocycles. The Morgan fingerprint density at radius 1 is 1.60 bits per heavy atom. The van der Waals surface area contributed by atoms with Crippen molar-refractivity contribution >= 4 is 19.7 Å². The second-order valence-corrected chi connectivity index (χ2v) is 6.76. The molecular weight excluding hydrogens is 236 g/mol. The number of aromatic nitrogens is 2. The minimum atomic E-state index is -3.48. The van der Waals surface area contributed by atoms with Crippen LogP contribution in [-0.4, -0.2) is 18.2 Å². The van der Waals surface area contributed by atoms with Crippen molar-refractivity contribution in [3.63, 3.8) is 0 Å². The normalized spacial score (nSPS) is 17.7. The van der Waals surface area contributed by atoms with Gasteiger partial charge in [0, 0.05) is 22.4 Å². The van der Waals surface area contributed by atoms with Gasteiger partial charge in [-0.05, 0) is 26.2 Å². The van der Waals surface area contributed by atoms with E-state index in [-0.39, 0.29) is 5.75 Å². The third-order valence-electron chi connectivity index (χ3n) is 2.80. The lowest BCUT2D eigenvalue weighted by molar-refractivity contribution is 0.288. The van der Waals surface area contributed by atoms with Crippen molar-refractivity contribution in [3.05, 3.63) is 17.5 Å². The van der Waals surface area contributed by atoms with Crippen molar-refractivity contribution in [3.8, 4) is 0 Å². The van der Waals surface area contributed by atoms with E-state index in [1.54, 1.807) is 6.20 Å². The fourth-order valence-electron chi connectivity index (χ4n) is 1.69. The van der Waals surface area contributed by atoms with Crippen molar-refractivity contribution in [1.82, 2.24) is 9.78 Å². The molecule has 0 amide bonds. The Hall–Kier alpha value is -0.550. The van der Waals surface area contributed by atoms with Gasteiger partial charge in [-0.1, -0.05) is 0 Å². The van der Waals surface area contributed by atoms with Crippen molar-refractivity contribution in [2.45, 2.75) is 38.0 Å². The molecule has 1 fully saturated rings. The fourth-order valence-corrected chi connectivity index (χ4v) is 2.69. The predicted octanol–water partition coefficient (Wildman–Crippen LogP) is 1.99. The first-order valence-electron chi connectivity index (χ1n) is 4.93. The van der Waals surface area contributed by atoms with Gasteiger partial charge in [0.25, 0.3) is 0 Å². The van der Waals surface area contributed by atoms with Gasteiger partial charge in [0.15, 0.2) is 0 Å². The van der Waals surface area contributed by atoms with Gasteiger partial charge in [-0.15, -0.1) is 0 Å². The molecule has 0 aliphatic heterocycles. The number of aryl methyl sites for hydroxylation is 1. The highest BCUT2D eigenvalue weighted by Crippen LogP contribution is 2.31. The molecule has 0 aromatic carbocycles. The van der Waals surface area contributed by atoms with E-state index < -0.39 is 9.05 Å². The van der Waals surface area contributed by atoms with Crippen LogP contribution in [0.25, 0.3) is 0 Å². The number of halogens is 1.